The molecule has 0 saturated heterocycles. The Balaban J connectivity index is 1.59. The van der Waals surface area contributed by atoms with Crippen molar-refractivity contribution in [2.75, 3.05) is 19.5 Å². The molecule has 184 valence electrons. The van der Waals surface area contributed by atoms with Crippen LogP contribution in [0.1, 0.15) is 10.7 Å². The van der Waals surface area contributed by atoms with Gasteiger partial charge in [0, 0.05) is 30.2 Å². The van der Waals surface area contributed by atoms with Crippen molar-refractivity contribution < 1.29 is 14.6 Å². The molecule has 5 aromatic rings. The molecule has 0 radical (unpaired) electrons. The normalized spacial score (nSPS) is 11.3. The van der Waals surface area contributed by atoms with Crippen molar-refractivity contribution in [3.8, 4) is 34.1 Å². The first-order valence-corrected chi connectivity index (χ1v) is 11.8. The minimum absolute atomic E-state index is 0.00174. The number of benzene rings is 2. The number of hydrogen-bond acceptors (Lipinski definition) is 7. The Morgan fingerprint density at radius 1 is 1.14 bits per heavy atom. The van der Waals surface area contributed by atoms with E-state index in [1.165, 1.54) is 7.11 Å². The fourth-order valence-corrected chi connectivity index (χ4v) is 4.15. The third kappa shape index (κ3) is 4.62. The quantitative estimate of drug-likeness (QED) is 0.270. The Morgan fingerprint density at radius 2 is 2.00 bits per heavy atom. The number of methoxy groups -OCH3 is 1. The van der Waals surface area contributed by atoms with Gasteiger partial charge in [0.15, 0.2) is 27.8 Å². The van der Waals surface area contributed by atoms with Gasteiger partial charge in [-0.2, -0.15) is 0 Å². The number of imidazole rings is 1. The highest BCUT2D eigenvalue weighted by Crippen LogP contribution is 2.39. The third-order valence-electron chi connectivity index (χ3n) is 5.65. The second-order valence-electron chi connectivity index (χ2n) is 7.91. The topological polar surface area (TPSA) is 113 Å². The molecule has 0 aliphatic carbocycles. The summed E-state index contributed by atoms with van der Waals surface area (Å²) in [4.78, 5) is 12.0. The third-order valence-corrected chi connectivity index (χ3v) is 6.04. The van der Waals surface area contributed by atoms with Gasteiger partial charge < -0.3 is 29.4 Å². The van der Waals surface area contributed by atoms with Crippen LogP contribution in [-0.4, -0.2) is 42.9 Å². The molecule has 5 rings (SSSR count). The number of hydrogen-bond donors (Lipinski definition) is 2. The number of alkyl halides is 2. The Hall–Kier alpha value is -3.95. The summed E-state index contributed by atoms with van der Waals surface area (Å²) in [6, 6.07) is 12.7. The average Bonchev–Trinajstić information content (AvgIpc) is 3.52. The molecule has 0 aliphatic heterocycles. The van der Waals surface area contributed by atoms with Gasteiger partial charge in [-0.05, 0) is 29.8 Å². The van der Waals surface area contributed by atoms with Crippen molar-refractivity contribution in [1.82, 2.24) is 24.1 Å². The minimum Gasteiger partial charge on any atom is -0.504 e. The number of phenols is 1. The van der Waals surface area contributed by atoms with E-state index in [0.29, 0.717) is 41.2 Å². The van der Waals surface area contributed by atoms with E-state index in [1.807, 2.05) is 51.9 Å². The molecule has 0 amide bonds. The Bertz CT molecular complexity index is 1520. The van der Waals surface area contributed by atoms with Crippen LogP contribution in [0.15, 0.2) is 67.4 Å². The van der Waals surface area contributed by atoms with Gasteiger partial charge in [0.05, 0.1) is 31.1 Å². The number of aromatic nitrogens is 5. The molecule has 11 heteroatoms. The lowest BCUT2D eigenvalue weighted by Gasteiger charge is -2.10. The van der Waals surface area contributed by atoms with E-state index in [4.69, 9.17) is 38.4 Å². The largest absolute Gasteiger partial charge is 0.504 e. The molecule has 2 aromatic carbocycles. The monoisotopic (exact) mass is 524 g/mol. The summed E-state index contributed by atoms with van der Waals surface area (Å²) in [6.45, 7) is 1.14. The summed E-state index contributed by atoms with van der Waals surface area (Å²) >= 11 is 12.2. The summed E-state index contributed by atoms with van der Waals surface area (Å²) in [5.41, 5.74) is 9.09. The maximum atomic E-state index is 10.4. The number of halogens is 2. The predicted molar refractivity (Wildman–Crippen MR) is 139 cm³/mol. The standard InChI is InChI=1S/C25H22Cl2N6O3/c1-35-20-6-5-15(11-19(20)34)18-13-33(25-21(18)23(28)30-24(31-25)22(26)27)16-3-2-4-17(12-16)36-10-9-32-8-7-29-14-32/h2-8,11-14,22,34H,9-10H2,1H3,(H2,28,30,31). The zero-order valence-corrected chi connectivity index (χ0v) is 20.7. The Morgan fingerprint density at radius 3 is 2.72 bits per heavy atom. The molecule has 9 nitrogen and oxygen atoms in total. The van der Waals surface area contributed by atoms with Crippen LogP contribution in [0.3, 0.4) is 0 Å². The van der Waals surface area contributed by atoms with Crippen molar-refractivity contribution in [3.63, 3.8) is 0 Å². The number of nitrogen functional groups attached to an aromatic ring is 1. The van der Waals surface area contributed by atoms with E-state index in [0.717, 1.165) is 11.3 Å². The van der Waals surface area contributed by atoms with Gasteiger partial charge in [0.2, 0.25) is 0 Å². The number of phenolic OH excluding ortho intramolecular Hbond substituents is 1. The molecule has 0 fully saturated rings. The molecule has 36 heavy (non-hydrogen) atoms. The van der Waals surface area contributed by atoms with E-state index in [2.05, 4.69) is 15.0 Å². The van der Waals surface area contributed by atoms with Crippen LogP contribution in [0.25, 0.3) is 27.8 Å². The van der Waals surface area contributed by atoms with Crippen LogP contribution >= 0.6 is 23.2 Å². The lowest BCUT2D eigenvalue weighted by molar-refractivity contribution is 0.298. The molecule has 3 heterocycles. The lowest BCUT2D eigenvalue weighted by atomic mass is 10.1. The first-order chi connectivity index (χ1) is 17.4. The molecule has 0 saturated carbocycles. The molecular weight excluding hydrogens is 503 g/mol. The van der Waals surface area contributed by atoms with Gasteiger partial charge in [0.25, 0.3) is 0 Å². The highest BCUT2D eigenvalue weighted by molar-refractivity contribution is 6.43. The summed E-state index contributed by atoms with van der Waals surface area (Å²) in [5.74, 6) is 1.47. The Kier molecular flexibility index (Phi) is 6.58. The van der Waals surface area contributed by atoms with Crippen LogP contribution in [0.4, 0.5) is 5.82 Å². The zero-order valence-electron chi connectivity index (χ0n) is 19.2. The van der Waals surface area contributed by atoms with Gasteiger partial charge in [-0.1, -0.05) is 35.3 Å². The molecule has 0 atom stereocenters. The molecule has 0 aliphatic rings. The molecule has 0 bridgehead atoms. The van der Waals surface area contributed by atoms with E-state index in [9.17, 15) is 5.11 Å². The second-order valence-corrected chi connectivity index (χ2v) is 9.01. The highest BCUT2D eigenvalue weighted by Gasteiger charge is 2.21. The van der Waals surface area contributed by atoms with Gasteiger partial charge in [-0.25, -0.2) is 15.0 Å². The number of anilines is 1. The Labute approximate surface area is 216 Å². The van der Waals surface area contributed by atoms with Crippen LogP contribution < -0.4 is 15.2 Å². The summed E-state index contributed by atoms with van der Waals surface area (Å²) in [7, 11) is 1.49. The maximum Gasteiger partial charge on any atom is 0.167 e. The number of nitrogens with zero attached hydrogens (tertiary/aromatic N) is 5. The van der Waals surface area contributed by atoms with E-state index < -0.39 is 4.84 Å². The molecule has 0 spiro atoms. The predicted octanol–water partition coefficient (Wildman–Crippen LogP) is 5.14. The summed E-state index contributed by atoms with van der Waals surface area (Å²) in [5, 5.41) is 11.0. The minimum atomic E-state index is -0.952. The van der Waals surface area contributed by atoms with Crippen LogP contribution in [0.2, 0.25) is 0 Å². The zero-order chi connectivity index (χ0) is 25.2. The lowest BCUT2D eigenvalue weighted by Crippen LogP contribution is -2.07. The van der Waals surface area contributed by atoms with Gasteiger partial charge in [-0.3, -0.25) is 0 Å². The van der Waals surface area contributed by atoms with Crippen molar-refractivity contribution >= 4 is 40.1 Å². The number of aromatic hydroxyl groups is 1. The smallest absolute Gasteiger partial charge is 0.167 e. The first kappa shape index (κ1) is 23.8. The SMILES string of the molecule is COc1ccc(-c2cn(-c3cccc(OCCn4ccnc4)c3)c3nc(C(Cl)Cl)nc(N)c23)cc1O. The summed E-state index contributed by atoms with van der Waals surface area (Å²) < 4.78 is 15.0. The fourth-order valence-electron chi connectivity index (χ4n) is 3.95. The van der Waals surface area contributed by atoms with Crippen LogP contribution in [-0.2, 0) is 6.54 Å². The molecular formula is C25H22Cl2N6O3. The van der Waals surface area contributed by atoms with Gasteiger partial charge in [0.1, 0.15) is 18.2 Å². The van der Waals surface area contributed by atoms with Gasteiger partial charge >= 0.3 is 0 Å². The molecule has 3 N–H and O–H groups in total. The maximum absolute atomic E-state index is 10.4. The van der Waals surface area contributed by atoms with Crippen LogP contribution in [0, 0.1) is 0 Å². The molecule has 3 aromatic heterocycles. The highest BCUT2D eigenvalue weighted by atomic mass is 35.5. The van der Waals surface area contributed by atoms with Crippen molar-refractivity contribution in [3.05, 3.63) is 73.2 Å². The number of ether oxygens (including phenoxy) is 2. The summed E-state index contributed by atoms with van der Waals surface area (Å²) in [6.07, 6.45) is 7.23. The van der Waals surface area contributed by atoms with E-state index >= 15 is 0 Å². The second kappa shape index (κ2) is 9.96. The van der Waals surface area contributed by atoms with Gasteiger partial charge in [-0.15, -0.1) is 0 Å². The average molecular weight is 525 g/mol. The fraction of sp³-hybridized carbons (Fsp3) is 0.160. The van der Waals surface area contributed by atoms with Crippen molar-refractivity contribution in [2.24, 2.45) is 0 Å². The van der Waals surface area contributed by atoms with Crippen molar-refractivity contribution in [2.45, 2.75) is 11.4 Å². The van der Waals surface area contributed by atoms with E-state index in [1.54, 1.807) is 24.7 Å². The molecule has 0 unspecified atom stereocenters. The first-order valence-electron chi connectivity index (χ1n) is 11.0. The van der Waals surface area contributed by atoms with Crippen LogP contribution in [0.5, 0.6) is 17.2 Å². The number of rotatable bonds is 8. The van der Waals surface area contributed by atoms with Crippen molar-refractivity contribution in [1.29, 1.82) is 0 Å². The van der Waals surface area contributed by atoms with E-state index in [-0.39, 0.29) is 17.4 Å². The number of nitrogens with two attached hydrogens (primary N) is 1. The number of fused-ring (bicyclic) bond motifs is 1.